The Balaban J connectivity index is 1.73. The zero-order valence-corrected chi connectivity index (χ0v) is 15.0. The first-order chi connectivity index (χ1) is 12.0. The summed E-state index contributed by atoms with van der Waals surface area (Å²) in [4.78, 5) is 29.0. The summed E-state index contributed by atoms with van der Waals surface area (Å²) in [6, 6.07) is 4.04. The van der Waals surface area contributed by atoms with Crippen molar-refractivity contribution in [2.24, 2.45) is 5.41 Å². The molecule has 0 saturated carbocycles. The Kier molecular flexibility index (Phi) is 5.29. The van der Waals surface area contributed by atoms with Crippen LogP contribution in [0.1, 0.15) is 29.6 Å². The van der Waals surface area contributed by atoms with Crippen LogP contribution in [0, 0.1) is 11.2 Å². The van der Waals surface area contributed by atoms with Gasteiger partial charge in [0.05, 0.1) is 17.6 Å². The van der Waals surface area contributed by atoms with Crippen LogP contribution >= 0.6 is 11.6 Å². The van der Waals surface area contributed by atoms with Crippen molar-refractivity contribution in [3.05, 3.63) is 34.6 Å². The highest BCUT2D eigenvalue weighted by molar-refractivity contribution is 6.30. The lowest BCUT2D eigenvalue weighted by Gasteiger charge is -2.39. The van der Waals surface area contributed by atoms with Gasteiger partial charge in [0.1, 0.15) is 5.82 Å². The van der Waals surface area contributed by atoms with Crippen molar-refractivity contribution in [1.82, 2.24) is 9.80 Å². The molecule has 0 N–H and O–H groups in total. The highest BCUT2D eigenvalue weighted by Gasteiger charge is 2.49. The van der Waals surface area contributed by atoms with Crippen molar-refractivity contribution >= 4 is 23.4 Å². The average molecular weight is 369 g/mol. The number of methoxy groups -OCH3 is 1. The Bertz CT molecular complexity index is 684. The SMILES string of the molecule is COCCN1CCC[C@]2(CCN(C(=O)c3ccc(Cl)cc3F)C2)C1=O. The molecule has 0 aromatic heterocycles. The summed E-state index contributed by atoms with van der Waals surface area (Å²) in [5.41, 5.74) is -0.536. The minimum Gasteiger partial charge on any atom is -0.383 e. The fourth-order valence-electron chi connectivity index (χ4n) is 3.82. The van der Waals surface area contributed by atoms with Crippen LogP contribution < -0.4 is 0 Å². The van der Waals surface area contributed by atoms with E-state index in [1.165, 1.54) is 12.1 Å². The predicted octanol–water partition coefficient (Wildman–Crippen LogP) is 2.58. The minimum atomic E-state index is -0.629. The molecule has 1 atom stereocenters. The molecule has 2 aliphatic heterocycles. The van der Waals surface area contributed by atoms with Gasteiger partial charge in [-0.15, -0.1) is 0 Å². The number of hydrogen-bond donors (Lipinski definition) is 0. The van der Waals surface area contributed by atoms with Crippen LogP contribution in [0.2, 0.25) is 5.02 Å². The third-order valence-electron chi connectivity index (χ3n) is 5.19. The van der Waals surface area contributed by atoms with E-state index < -0.39 is 11.2 Å². The molecular weight excluding hydrogens is 347 g/mol. The summed E-state index contributed by atoms with van der Waals surface area (Å²) in [5, 5.41) is 0.253. The molecule has 3 rings (SSSR count). The van der Waals surface area contributed by atoms with Gasteiger partial charge < -0.3 is 14.5 Å². The van der Waals surface area contributed by atoms with Crippen molar-refractivity contribution in [2.45, 2.75) is 19.3 Å². The van der Waals surface area contributed by atoms with Crippen LogP contribution in [-0.2, 0) is 9.53 Å². The molecular formula is C18H22ClFN2O3. The van der Waals surface area contributed by atoms with Crippen LogP contribution in [0.3, 0.4) is 0 Å². The molecule has 1 spiro atoms. The maximum atomic E-state index is 14.0. The molecule has 1 aromatic rings. The Labute approximate surface area is 151 Å². The van der Waals surface area contributed by atoms with E-state index in [0.717, 1.165) is 25.5 Å². The topological polar surface area (TPSA) is 49.9 Å². The number of benzene rings is 1. The number of piperidine rings is 1. The molecule has 136 valence electrons. The van der Waals surface area contributed by atoms with Crippen molar-refractivity contribution in [1.29, 1.82) is 0 Å². The second-order valence-electron chi connectivity index (χ2n) is 6.77. The summed E-state index contributed by atoms with van der Waals surface area (Å²) >= 11 is 5.75. The van der Waals surface area contributed by atoms with Crippen molar-refractivity contribution in [3.63, 3.8) is 0 Å². The van der Waals surface area contributed by atoms with E-state index in [0.29, 0.717) is 32.7 Å². The van der Waals surface area contributed by atoms with E-state index in [4.69, 9.17) is 16.3 Å². The Morgan fingerprint density at radius 3 is 2.88 bits per heavy atom. The second-order valence-corrected chi connectivity index (χ2v) is 7.21. The molecule has 0 bridgehead atoms. The quantitative estimate of drug-likeness (QED) is 0.820. The van der Waals surface area contributed by atoms with Gasteiger partial charge in [-0.25, -0.2) is 4.39 Å². The lowest BCUT2D eigenvalue weighted by Crippen LogP contribution is -2.51. The number of rotatable bonds is 4. The number of carbonyl (C=O) groups excluding carboxylic acids is 2. The fourth-order valence-corrected chi connectivity index (χ4v) is 3.98. The first-order valence-corrected chi connectivity index (χ1v) is 8.87. The van der Waals surface area contributed by atoms with Crippen molar-refractivity contribution in [2.75, 3.05) is 39.9 Å². The second kappa shape index (κ2) is 7.30. The monoisotopic (exact) mass is 368 g/mol. The molecule has 0 radical (unpaired) electrons. The number of carbonyl (C=O) groups is 2. The summed E-state index contributed by atoms with van der Waals surface area (Å²) in [7, 11) is 1.61. The predicted molar refractivity (Wildman–Crippen MR) is 92.1 cm³/mol. The minimum absolute atomic E-state index is 0.000877. The number of halogens is 2. The van der Waals surface area contributed by atoms with Gasteiger partial charge in [0.2, 0.25) is 5.91 Å². The van der Waals surface area contributed by atoms with Crippen LogP contribution in [0.5, 0.6) is 0 Å². The third-order valence-corrected chi connectivity index (χ3v) is 5.43. The number of hydrogen-bond acceptors (Lipinski definition) is 3. The Morgan fingerprint density at radius 2 is 2.16 bits per heavy atom. The smallest absolute Gasteiger partial charge is 0.256 e. The van der Waals surface area contributed by atoms with Crippen molar-refractivity contribution in [3.8, 4) is 0 Å². The van der Waals surface area contributed by atoms with Gasteiger partial charge in [-0.3, -0.25) is 9.59 Å². The molecule has 25 heavy (non-hydrogen) atoms. The molecule has 2 saturated heterocycles. The van der Waals surface area contributed by atoms with E-state index in [1.54, 1.807) is 12.0 Å². The Hall–Kier alpha value is -1.66. The maximum Gasteiger partial charge on any atom is 0.256 e. The number of nitrogens with zero attached hydrogens (tertiary/aromatic N) is 2. The molecule has 0 unspecified atom stereocenters. The number of ether oxygens (including phenoxy) is 1. The molecule has 7 heteroatoms. The van der Waals surface area contributed by atoms with Gasteiger partial charge in [-0.1, -0.05) is 11.6 Å². The molecule has 5 nitrogen and oxygen atoms in total. The maximum absolute atomic E-state index is 14.0. The zero-order valence-electron chi connectivity index (χ0n) is 14.3. The lowest BCUT2D eigenvalue weighted by molar-refractivity contribution is -0.146. The summed E-state index contributed by atoms with van der Waals surface area (Å²) in [6.45, 7) is 2.60. The van der Waals surface area contributed by atoms with Crippen LogP contribution in [0.4, 0.5) is 4.39 Å². The summed E-state index contributed by atoms with van der Waals surface area (Å²) in [5.74, 6) is -0.925. The van der Waals surface area contributed by atoms with Crippen LogP contribution in [0.15, 0.2) is 18.2 Å². The standard InChI is InChI=1S/C18H22ClFN2O3/c1-25-10-9-21-7-2-5-18(17(21)24)6-8-22(12-18)16(23)14-4-3-13(19)11-15(14)20/h3-4,11H,2,5-10,12H2,1H3/t18-/m1/s1. The van der Waals surface area contributed by atoms with Crippen molar-refractivity contribution < 1.29 is 18.7 Å². The molecule has 2 aliphatic rings. The van der Waals surface area contributed by atoms with E-state index in [2.05, 4.69) is 0 Å². The van der Waals surface area contributed by atoms with Gasteiger partial charge in [0, 0.05) is 38.3 Å². The molecule has 2 fully saturated rings. The lowest BCUT2D eigenvalue weighted by atomic mass is 9.78. The Morgan fingerprint density at radius 1 is 1.36 bits per heavy atom. The molecule has 1 aromatic carbocycles. The highest BCUT2D eigenvalue weighted by Crippen LogP contribution is 2.40. The summed E-state index contributed by atoms with van der Waals surface area (Å²) < 4.78 is 19.1. The normalized spacial score (nSPS) is 23.6. The number of likely N-dealkylation sites (tertiary alicyclic amines) is 2. The van der Waals surface area contributed by atoms with E-state index in [9.17, 15) is 14.0 Å². The molecule has 2 heterocycles. The van der Waals surface area contributed by atoms with Gasteiger partial charge in [0.25, 0.3) is 5.91 Å². The average Bonchev–Trinajstić information content (AvgIpc) is 3.01. The molecule has 2 amide bonds. The number of amides is 2. The first-order valence-electron chi connectivity index (χ1n) is 8.49. The summed E-state index contributed by atoms with van der Waals surface area (Å²) in [6.07, 6.45) is 2.30. The van der Waals surface area contributed by atoms with Gasteiger partial charge in [-0.05, 0) is 37.5 Å². The van der Waals surface area contributed by atoms with Crippen LogP contribution in [0.25, 0.3) is 0 Å². The third kappa shape index (κ3) is 3.51. The van der Waals surface area contributed by atoms with Gasteiger partial charge in [0.15, 0.2) is 0 Å². The van der Waals surface area contributed by atoms with E-state index in [-0.39, 0.29) is 22.4 Å². The van der Waals surface area contributed by atoms with Gasteiger partial charge >= 0.3 is 0 Å². The fraction of sp³-hybridized carbons (Fsp3) is 0.556. The first kappa shape index (κ1) is 18.1. The van der Waals surface area contributed by atoms with E-state index >= 15 is 0 Å². The van der Waals surface area contributed by atoms with Gasteiger partial charge in [-0.2, -0.15) is 0 Å². The van der Waals surface area contributed by atoms with E-state index in [1.807, 2.05) is 4.90 Å². The molecule has 0 aliphatic carbocycles. The van der Waals surface area contributed by atoms with Crippen LogP contribution in [-0.4, -0.2) is 61.5 Å². The zero-order chi connectivity index (χ0) is 18.0. The largest absolute Gasteiger partial charge is 0.383 e. The highest BCUT2D eigenvalue weighted by atomic mass is 35.5.